The summed E-state index contributed by atoms with van der Waals surface area (Å²) in [6, 6.07) is 21.2. The zero-order chi connectivity index (χ0) is 24.4. The SMILES string of the molecule is c1ccc(-n2cnc(CN(CCCCCNCc3ccccn3)C3CCCc4cccnc43)c2)cc1. The largest absolute Gasteiger partial charge is 0.311 e. The van der Waals surface area contributed by atoms with Gasteiger partial charge in [-0.3, -0.25) is 14.9 Å². The molecule has 0 amide bonds. The van der Waals surface area contributed by atoms with Gasteiger partial charge in [0.1, 0.15) is 0 Å². The molecule has 36 heavy (non-hydrogen) atoms. The second-order valence-electron chi connectivity index (χ2n) is 9.59. The number of para-hydroxylation sites is 1. The summed E-state index contributed by atoms with van der Waals surface area (Å²) in [5, 5.41) is 3.53. The average Bonchev–Trinajstić information content (AvgIpc) is 3.41. The van der Waals surface area contributed by atoms with Crippen molar-refractivity contribution in [3.8, 4) is 5.69 Å². The van der Waals surface area contributed by atoms with E-state index in [1.54, 1.807) is 0 Å². The predicted octanol–water partition coefficient (Wildman–Crippen LogP) is 5.50. The van der Waals surface area contributed by atoms with Crippen LogP contribution in [0.5, 0.6) is 0 Å². The van der Waals surface area contributed by atoms with Gasteiger partial charge in [0.05, 0.1) is 29.5 Å². The van der Waals surface area contributed by atoms with Crippen LogP contribution in [0.25, 0.3) is 5.69 Å². The van der Waals surface area contributed by atoms with Gasteiger partial charge in [0.25, 0.3) is 0 Å². The first-order valence-corrected chi connectivity index (χ1v) is 13.2. The van der Waals surface area contributed by atoms with E-state index in [1.165, 1.54) is 36.9 Å². The Kier molecular flexibility index (Phi) is 8.50. The van der Waals surface area contributed by atoms with E-state index >= 15 is 0 Å². The molecule has 0 aliphatic heterocycles. The third-order valence-electron chi connectivity index (χ3n) is 6.99. The molecule has 0 spiro atoms. The van der Waals surface area contributed by atoms with E-state index in [4.69, 9.17) is 9.97 Å². The molecule has 6 nitrogen and oxygen atoms in total. The van der Waals surface area contributed by atoms with Gasteiger partial charge < -0.3 is 9.88 Å². The van der Waals surface area contributed by atoms with E-state index in [-0.39, 0.29) is 0 Å². The molecule has 5 rings (SSSR count). The van der Waals surface area contributed by atoms with Crippen LogP contribution in [0, 0.1) is 0 Å². The molecule has 0 radical (unpaired) electrons. The topological polar surface area (TPSA) is 58.9 Å². The van der Waals surface area contributed by atoms with Crippen LogP contribution in [0.3, 0.4) is 0 Å². The molecule has 186 valence electrons. The zero-order valence-corrected chi connectivity index (χ0v) is 21.0. The maximum Gasteiger partial charge on any atom is 0.0995 e. The highest BCUT2D eigenvalue weighted by atomic mass is 15.2. The second kappa shape index (κ2) is 12.6. The number of unbranched alkanes of at least 4 members (excludes halogenated alkanes) is 2. The molecule has 1 aliphatic rings. The normalized spacial score (nSPS) is 15.2. The Bertz CT molecular complexity index is 1190. The summed E-state index contributed by atoms with van der Waals surface area (Å²) in [5.74, 6) is 0. The number of fused-ring (bicyclic) bond motifs is 1. The van der Waals surface area contributed by atoms with Gasteiger partial charge in [-0.15, -0.1) is 0 Å². The van der Waals surface area contributed by atoms with E-state index in [9.17, 15) is 0 Å². The summed E-state index contributed by atoms with van der Waals surface area (Å²) in [6.45, 7) is 3.75. The Morgan fingerprint density at radius 1 is 0.861 bits per heavy atom. The van der Waals surface area contributed by atoms with Gasteiger partial charge in [-0.25, -0.2) is 4.98 Å². The van der Waals surface area contributed by atoms with Crippen LogP contribution in [0.15, 0.2) is 85.6 Å². The first-order valence-electron chi connectivity index (χ1n) is 13.2. The molecular weight excluding hydrogens is 444 g/mol. The molecule has 0 bridgehead atoms. The van der Waals surface area contributed by atoms with Crippen molar-refractivity contribution in [3.63, 3.8) is 0 Å². The van der Waals surface area contributed by atoms with E-state index in [2.05, 4.69) is 68.4 Å². The number of aromatic nitrogens is 4. The van der Waals surface area contributed by atoms with Crippen LogP contribution < -0.4 is 5.32 Å². The fourth-order valence-corrected chi connectivity index (χ4v) is 5.14. The molecule has 3 heterocycles. The van der Waals surface area contributed by atoms with Gasteiger partial charge >= 0.3 is 0 Å². The van der Waals surface area contributed by atoms with E-state index in [1.807, 2.05) is 36.9 Å². The molecule has 6 heteroatoms. The molecular formula is C30H36N6. The van der Waals surface area contributed by atoms with Crippen molar-refractivity contribution in [2.45, 2.75) is 57.7 Å². The summed E-state index contributed by atoms with van der Waals surface area (Å²) < 4.78 is 2.12. The Hall–Kier alpha value is -3.35. The summed E-state index contributed by atoms with van der Waals surface area (Å²) in [7, 11) is 0. The monoisotopic (exact) mass is 480 g/mol. The summed E-state index contributed by atoms with van der Waals surface area (Å²) in [5.41, 5.74) is 6.03. The molecule has 1 N–H and O–H groups in total. The highest BCUT2D eigenvalue weighted by molar-refractivity contribution is 5.32. The van der Waals surface area contributed by atoms with Crippen molar-refractivity contribution in [1.29, 1.82) is 0 Å². The van der Waals surface area contributed by atoms with Crippen molar-refractivity contribution in [1.82, 2.24) is 29.7 Å². The van der Waals surface area contributed by atoms with Crippen LogP contribution in [0.2, 0.25) is 0 Å². The fourth-order valence-electron chi connectivity index (χ4n) is 5.14. The fraction of sp³-hybridized carbons (Fsp3) is 0.367. The molecule has 1 aliphatic carbocycles. The Balaban J connectivity index is 1.19. The lowest BCUT2D eigenvalue weighted by Crippen LogP contribution is -2.32. The molecule has 0 saturated heterocycles. The van der Waals surface area contributed by atoms with Gasteiger partial charge in [-0.1, -0.05) is 36.8 Å². The molecule has 1 unspecified atom stereocenters. The highest BCUT2D eigenvalue weighted by Crippen LogP contribution is 2.34. The third-order valence-corrected chi connectivity index (χ3v) is 6.99. The van der Waals surface area contributed by atoms with Crippen LogP contribution in [0.1, 0.15) is 60.8 Å². The number of hydrogen-bond donors (Lipinski definition) is 1. The highest BCUT2D eigenvalue weighted by Gasteiger charge is 2.27. The van der Waals surface area contributed by atoms with E-state index < -0.39 is 0 Å². The minimum Gasteiger partial charge on any atom is -0.311 e. The number of benzene rings is 1. The van der Waals surface area contributed by atoms with Crippen molar-refractivity contribution in [2.75, 3.05) is 13.1 Å². The van der Waals surface area contributed by atoms with Crippen molar-refractivity contribution >= 4 is 0 Å². The number of nitrogens with zero attached hydrogens (tertiary/aromatic N) is 5. The summed E-state index contributed by atoms with van der Waals surface area (Å²) >= 11 is 0. The van der Waals surface area contributed by atoms with Gasteiger partial charge in [0.2, 0.25) is 0 Å². The van der Waals surface area contributed by atoms with Crippen LogP contribution in [0.4, 0.5) is 0 Å². The zero-order valence-electron chi connectivity index (χ0n) is 21.0. The number of pyridine rings is 2. The lowest BCUT2D eigenvalue weighted by molar-refractivity contribution is 0.160. The molecule has 0 saturated carbocycles. The van der Waals surface area contributed by atoms with E-state index in [0.29, 0.717) is 6.04 Å². The van der Waals surface area contributed by atoms with Gasteiger partial charge in [0.15, 0.2) is 0 Å². The number of aryl methyl sites for hydroxylation is 1. The maximum absolute atomic E-state index is 4.83. The smallest absolute Gasteiger partial charge is 0.0995 e. The van der Waals surface area contributed by atoms with Crippen LogP contribution in [-0.2, 0) is 19.5 Å². The lowest BCUT2D eigenvalue weighted by atomic mass is 9.90. The minimum absolute atomic E-state index is 0.360. The van der Waals surface area contributed by atoms with Gasteiger partial charge in [0, 0.05) is 37.4 Å². The molecule has 3 aromatic heterocycles. The first-order chi connectivity index (χ1) is 17.9. The van der Waals surface area contributed by atoms with Gasteiger partial charge in [-0.2, -0.15) is 0 Å². The van der Waals surface area contributed by atoms with Crippen LogP contribution >= 0.6 is 0 Å². The average molecular weight is 481 g/mol. The third kappa shape index (κ3) is 6.45. The number of hydrogen-bond acceptors (Lipinski definition) is 5. The predicted molar refractivity (Wildman–Crippen MR) is 144 cm³/mol. The van der Waals surface area contributed by atoms with Crippen molar-refractivity contribution < 1.29 is 0 Å². The Labute approximate surface area is 214 Å². The minimum atomic E-state index is 0.360. The van der Waals surface area contributed by atoms with Crippen LogP contribution in [-0.4, -0.2) is 37.5 Å². The first kappa shape index (κ1) is 24.3. The second-order valence-corrected chi connectivity index (χ2v) is 9.59. The summed E-state index contributed by atoms with van der Waals surface area (Å²) in [4.78, 5) is 16.6. The number of nitrogens with one attached hydrogen (secondary N) is 1. The van der Waals surface area contributed by atoms with Crippen molar-refractivity contribution in [2.24, 2.45) is 0 Å². The standard InChI is InChI=1S/C30H36N6/c1-3-14-28(15-4-1)36-23-27(34-24-36)22-35(29-16-9-11-25-12-10-19-33-30(25)29)20-8-2-6-17-31-21-26-13-5-7-18-32-26/h1,3-5,7,10,12-15,18-19,23-24,29,31H,2,6,8-9,11,16-17,20-22H2. The van der Waals surface area contributed by atoms with Crippen molar-refractivity contribution in [3.05, 3.63) is 108 Å². The Morgan fingerprint density at radius 2 is 1.75 bits per heavy atom. The lowest BCUT2D eigenvalue weighted by Gasteiger charge is -2.34. The molecule has 4 aromatic rings. The van der Waals surface area contributed by atoms with Gasteiger partial charge in [-0.05, 0) is 81.1 Å². The molecule has 0 fully saturated rings. The van der Waals surface area contributed by atoms with E-state index in [0.717, 1.165) is 56.1 Å². The molecule has 1 atom stereocenters. The Morgan fingerprint density at radius 3 is 2.64 bits per heavy atom. The quantitative estimate of drug-likeness (QED) is 0.271. The maximum atomic E-state index is 4.83. The summed E-state index contributed by atoms with van der Waals surface area (Å²) in [6.07, 6.45) is 15.0. The number of rotatable bonds is 12. The number of imidazole rings is 1. The molecule has 1 aromatic carbocycles.